The molecule has 294 valence electrons. The van der Waals surface area contributed by atoms with E-state index >= 15 is 0 Å². The second-order valence-electron chi connectivity index (χ2n) is 11.9. The number of nitrogens with one attached hydrogen (secondary N) is 2. The first-order valence-electron chi connectivity index (χ1n) is 16.0. The van der Waals surface area contributed by atoms with Gasteiger partial charge in [-0.15, -0.1) is 0 Å². The van der Waals surface area contributed by atoms with Gasteiger partial charge in [0, 0.05) is 43.3 Å². The molecule has 0 aromatic heterocycles. The van der Waals surface area contributed by atoms with Crippen LogP contribution in [0.15, 0.2) is 30.4 Å². The van der Waals surface area contributed by atoms with Crippen LogP contribution in [0.3, 0.4) is 0 Å². The van der Waals surface area contributed by atoms with Gasteiger partial charge in [-0.1, -0.05) is 13.8 Å². The fourth-order valence-electron chi connectivity index (χ4n) is 4.67. The molecule has 22 heteroatoms. The topological polar surface area (TPSA) is 311 Å². The number of carbonyl (C=O) groups is 6. The lowest BCUT2D eigenvalue weighted by molar-refractivity contribution is -0.271. The molecule has 4 amide bonds. The highest BCUT2D eigenvalue weighted by Crippen LogP contribution is 2.30. The molecule has 2 aliphatic rings. The molecular weight excluding hydrogens is 734 g/mol. The van der Waals surface area contributed by atoms with Gasteiger partial charge in [0.25, 0.3) is 21.9 Å². The summed E-state index contributed by atoms with van der Waals surface area (Å²) in [5.41, 5.74) is 0.366. The van der Waals surface area contributed by atoms with Crippen molar-refractivity contribution in [2.75, 3.05) is 38.7 Å². The Morgan fingerprint density at radius 2 is 1.66 bits per heavy atom. The largest absolute Gasteiger partial charge is 0.491 e. The molecule has 0 saturated carbocycles. The first kappa shape index (κ1) is 42.7. The van der Waals surface area contributed by atoms with Crippen molar-refractivity contribution in [1.82, 2.24) is 15.5 Å². The van der Waals surface area contributed by atoms with E-state index in [0.717, 1.165) is 17.1 Å². The number of esters is 1. The van der Waals surface area contributed by atoms with Crippen LogP contribution in [0.5, 0.6) is 11.5 Å². The Morgan fingerprint density at radius 3 is 2.28 bits per heavy atom. The zero-order chi connectivity index (χ0) is 39.5. The number of rotatable bonds is 20. The van der Waals surface area contributed by atoms with Crippen molar-refractivity contribution in [2.24, 2.45) is 5.92 Å². The summed E-state index contributed by atoms with van der Waals surface area (Å²) < 4.78 is 59.3. The van der Waals surface area contributed by atoms with Crippen LogP contribution in [0, 0.1) is 5.92 Å². The highest BCUT2D eigenvalue weighted by atomic mass is 32.2. The van der Waals surface area contributed by atoms with E-state index in [0.29, 0.717) is 5.56 Å². The van der Waals surface area contributed by atoms with Gasteiger partial charge in [0.2, 0.25) is 18.1 Å². The van der Waals surface area contributed by atoms with Crippen molar-refractivity contribution in [2.45, 2.75) is 63.6 Å². The molecule has 1 saturated heterocycles. The lowest BCUT2D eigenvalue weighted by Gasteiger charge is -2.38. The summed E-state index contributed by atoms with van der Waals surface area (Å²) in [6.45, 7) is 2.19. The van der Waals surface area contributed by atoms with E-state index in [1.165, 1.54) is 18.2 Å². The van der Waals surface area contributed by atoms with Gasteiger partial charge in [0.05, 0.1) is 19.1 Å². The number of aliphatic carboxylic acids is 1. The van der Waals surface area contributed by atoms with Gasteiger partial charge >= 0.3 is 11.9 Å². The summed E-state index contributed by atoms with van der Waals surface area (Å²) in [6.07, 6.45) is -7.68. The number of ether oxygens (including phenoxy) is 5. The van der Waals surface area contributed by atoms with E-state index in [9.17, 15) is 62.2 Å². The van der Waals surface area contributed by atoms with Gasteiger partial charge in [-0.05, 0) is 12.1 Å². The number of carboxylic acids is 1. The molecule has 1 unspecified atom stereocenters. The number of aliphatic hydroxyl groups is 3. The highest BCUT2D eigenvalue weighted by Gasteiger charge is 2.48. The fraction of sp³-hybridized carbons (Fsp3) is 0.548. The Labute approximate surface area is 302 Å². The number of hydrogen-bond donors (Lipinski definition) is 7. The summed E-state index contributed by atoms with van der Waals surface area (Å²) in [6, 6.07) is 2.42. The van der Waals surface area contributed by atoms with Crippen molar-refractivity contribution < 1.29 is 85.8 Å². The van der Waals surface area contributed by atoms with E-state index in [-0.39, 0.29) is 51.0 Å². The van der Waals surface area contributed by atoms with E-state index in [2.05, 4.69) is 10.6 Å². The summed E-state index contributed by atoms with van der Waals surface area (Å²) >= 11 is 0. The third-order valence-corrected chi connectivity index (χ3v) is 8.22. The maximum Gasteiger partial charge on any atom is 0.335 e. The van der Waals surface area contributed by atoms with Crippen LogP contribution in [0.2, 0.25) is 0 Å². The maximum absolute atomic E-state index is 12.6. The minimum Gasteiger partial charge on any atom is -0.491 e. The second kappa shape index (κ2) is 19.4. The Bertz CT molecular complexity index is 1630. The van der Waals surface area contributed by atoms with Gasteiger partial charge < -0.3 is 54.7 Å². The smallest absolute Gasteiger partial charge is 0.335 e. The predicted molar refractivity (Wildman–Crippen MR) is 174 cm³/mol. The molecule has 0 radical (unpaired) electrons. The van der Waals surface area contributed by atoms with E-state index in [4.69, 9.17) is 23.7 Å². The first-order valence-corrected chi connectivity index (χ1v) is 17.6. The van der Waals surface area contributed by atoms with E-state index in [1.54, 1.807) is 13.8 Å². The number of carboxylic acid groups (broad SMARTS) is 1. The lowest BCUT2D eigenvalue weighted by Crippen LogP contribution is -2.61. The SMILES string of the molecule is CC(C)C(=O)OCc1ccc(O[C@@H]2O[C@H](C(=O)O)[C@@H](O)[C@H](O)[C@H]2O)cc1OCCOCCNC(=O)C(CS(=O)(=O)O)NC(=O)CCN1C(=O)C=CC1=O. The number of benzene rings is 1. The third kappa shape index (κ3) is 13.0. The number of imide groups is 1. The van der Waals surface area contributed by atoms with Crippen LogP contribution in [0.1, 0.15) is 25.8 Å². The molecule has 0 bridgehead atoms. The summed E-state index contributed by atoms with van der Waals surface area (Å²) in [4.78, 5) is 72.5. The summed E-state index contributed by atoms with van der Waals surface area (Å²) in [5, 5.41) is 44.1. The molecule has 6 atom stereocenters. The molecule has 53 heavy (non-hydrogen) atoms. The average Bonchev–Trinajstić information content (AvgIpc) is 3.41. The molecule has 1 fully saturated rings. The van der Waals surface area contributed by atoms with Crippen LogP contribution in [-0.2, 0) is 59.7 Å². The van der Waals surface area contributed by atoms with Gasteiger partial charge in [-0.3, -0.25) is 33.4 Å². The molecule has 1 aromatic rings. The van der Waals surface area contributed by atoms with Crippen molar-refractivity contribution >= 4 is 45.7 Å². The summed E-state index contributed by atoms with van der Waals surface area (Å²) in [7, 11) is -4.73. The minimum absolute atomic E-state index is 0.0269. The molecular formula is C31H41N3O18S. The first-order chi connectivity index (χ1) is 24.9. The molecule has 2 heterocycles. The van der Waals surface area contributed by atoms with Gasteiger partial charge in [0.1, 0.15) is 54.8 Å². The van der Waals surface area contributed by atoms with E-state index in [1.807, 2.05) is 0 Å². The normalized spacial score (nSPS) is 22.0. The fourth-order valence-corrected chi connectivity index (χ4v) is 5.32. The number of carbonyl (C=O) groups excluding carboxylic acids is 5. The average molecular weight is 776 g/mol. The number of nitrogens with zero attached hydrogens (tertiary/aromatic N) is 1. The quantitative estimate of drug-likeness (QED) is 0.0298. The van der Waals surface area contributed by atoms with Crippen molar-refractivity contribution in [1.29, 1.82) is 0 Å². The number of amides is 4. The zero-order valence-corrected chi connectivity index (χ0v) is 29.3. The standard InChI is InChI=1S/C31H41N3O18S/c1-16(2)30(44)50-14-17-3-4-18(51-31-26(40)24(38)25(39)27(52-31)29(42)43)13-20(17)49-12-11-48-10-8-32-28(41)19(15-53(45,46)47)33-21(35)7-9-34-22(36)5-6-23(34)37/h3-6,13,16,19,24-27,31,38-40H,7-12,14-15H2,1-2H3,(H,32,41)(H,33,35)(H,42,43)(H,45,46,47)/t19?,24-,25-,26+,27-,31+/m0/s1. The molecule has 1 aromatic carbocycles. The molecule has 0 aliphatic carbocycles. The zero-order valence-electron chi connectivity index (χ0n) is 28.5. The molecule has 3 rings (SSSR count). The van der Waals surface area contributed by atoms with Crippen molar-refractivity contribution in [3.63, 3.8) is 0 Å². The van der Waals surface area contributed by atoms with Crippen LogP contribution in [-0.4, -0.2) is 149 Å². The van der Waals surface area contributed by atoms with Crippen LogP contribution in [0.25, 0.3) is 0 Å². The van der Waals surface area contributed by atoms with Crippen molar-refractivity contribution in [3.05, 3.63) is 35.9 Å². The molecule has 0 spiro atoms. The Hall–Kier alpha value is -4.71. The third-order valence-electron chi connectivity index (χ3n) is 7.47. The van der Waals surface area contributed by atoms with E-state index < -0.39 is 101 Å². The highest BCUT2D eigenvalue weighted by molar-refractivity contribution is 7.85. The van der Waals surface area contributed by atoms with Gasteiger partial charge in [-0.2, -0.15) is 8.42 Å². The Kier molecular flexibility index (Phi) is 15.6. The van der Waals surface area contributed by atoms with Crippen LogP contribution < -0.4 is 20.1 Å². The lowest BCUT2D eigenvalue weighted by atomic mass is 9.99. The maximum atomic E-state index is 12.6. The van der Waals surface area contributed by atoms with Gasteiger partial charge in [-0.25, -0.2) is 4.79 Å². The number of hydrogen-bond acceptors (Lipinski definition) is 16. The molecule has 2 aliphatic heterocycles. The number of aliphatic hydroxyl groups excluding tert-OH is 3. The van der Waals surface area contributed by atoms with Crippen LogP contribution in [0.4, 0.5) is 0 Å². The monoisotopic (exact) mass is 775 g/mol. The molecule has 7 N–H and O–H groups in total. The second-order valence-corrected chi connectivity index (χ2v) is 13.4. The Morgan fingerprint density at radius 1 is 0.981 bits per heavy atom. The Balaban J connectivity index is 1.53. The minimum atomic E-state index is -4.73. The van der Waals surface area contributed by atoms with Crippen molar-refractivity contribution in [3.8, 4) is 11.5 Å². The summed E-state index contributed by atoms with van der Waals surface area (Å²) in [5.74, 6) is -6.74. The molecule has 21 nitrogen and oxygen atoms in total. The van der Waals surface area contributed by atoms with Crippen LogP contribution >= 0.6 is 0 Å². The van der Waals surface area contributed by atoms with Gasteiger partial charge in [0.15, 0.2) is 6.10 Å². The predicted octanol–water partition coefficient (Wildman–Crippen LogP) is -3.14.